The number of pyridine rings is 1. The van der Waals surface area contributed by atoms with Crippen LogP contribution in [0.15, 0.2) is 30.6 Å². The largest absolute Gasteiger partial charge is 0.424 e. The van der Waals surface area contributed by atoms with Crippen LogP contribution >= 0.6 is 0 Å². The van der Waals surface area contributed by atoms with Gasteiger partial charge in [-0.2, -0.15) is 0 Å². The molecule has 0 fully saturated rings. The molecule has 0 saturated heterocycles. The van der Waals surface area contributed by atoms with Crippen LogP contribution in [0.2, 0.25) is 0 Å². The lowest BCUT2D eigenvalue weighted by atomic mass is 10.1. The summed E-state index contributed by atoms with van der Waals surface area (Å²) in [5.41, 5.74) is 8.03. The van der Waals surface area contributed by atoms with Crippen LogP contribution in [-0.2, 0) is 11.2 Å². The van der Waals surface area contributed by atoms with Crippen LogP contribution in [0.3, 0.4) is 0 Å². The Balaban J connectivity index is 2.44. The van der Waals surface area contributed by atoms with Gasteiger partial charge in [-0.05, 0) is 36.6 Å². The van der Waals surface area contributed by atoms with Crippen molar-refractivity contribution >= 4 is 11.5 Å². The second-order valence-corrected chi connectivity index (χ2v) is 4.44. The van der Waals surface area contributed by atoms with Crippen molar-refractivity contribution in [3.8, 4) is 5.75 Å². The third-order valence-corrected chi connectivity index (χ3v) is 2.99. The van der Waals surface area contributed by atoms with E-state index in [4.69, 9.17) is 10.5 Å². The van der Waals surface area contributed by atoms with E-state index in [1.54, 1.807) is 6.07 Å². The highest BCUT2D eigenvalue weighted by atomic mass is 16.5. The van der Waals surface area contributed by atoms with Crippen molar-refractivity contribution in [3.05, 3.63) is 36.2 Å². The van der Waals surface area contributed by atoms with Crippen molar-refractivity contribution in [1.82, 2.24) is 4.40 Å². The first kappa shape index (κ1) is 12.6. The smallest absolute Gasteiger partial charge is 0.308 e. The molecule has 0 aromatic carbocycles. The number of nitrogens with zero attached hydrogens (tertiary/aromatic N) is 1. The summed E-state index contributed by atoms with van der Waals surface area (Å²) < 4.78 is 7.20. The van der Waals surface area contributed by atoms with Crippen molar-refractivity contribution in [2.24, 2.45) is 5.73 Å². The predicted molar refractivity (Wildman–Crippen MR) is 70.7 cm³/mol. The number of carbonyl (C=O) groups is 1. The third kappa shape index (κ3) is 2.54. The molecule has 0 aliphatic rings. The summed E-state index contributed by atoms with van der Waals surface area (Å²) >= 11 is 0. The van der Waals surface area contributed by atoms with Crippen molar-refractivity contribution in [1.29, 1.82) is 0 Å². The van der Waals surface area contributed by atoms with Gasteiger partial charge in [-0.25, -0.2) is 0 Å². The zero-order chi connectivity index (χ0) is 13.1. The molecule has 0 spiro atoms. The fourth-order valence-corrected chi connectivity index (χ4v) is 2.03. The fourth-order valence-electron chi connectivity index (χ4n) is 2.03. The maximum atomic E-state index is 11.1. The number of nitrogens with two attached hydrogens (primary N) is 1. The maximum absolute atomic E-state index is 11.1. The molecule has 1 atom stereocenters. The maximum Gasteiger partial charge on any atom is 0.308 e. The molecular weight excluding hydrogens is 228 g/mol. The number of esters is 1. The van der Waals surface area contributed by atoms with Gasteiger partial charge in [0.15, 0.2) is 5.75 Å². The molecule has 0 aliphatic carbocycles. The van der Waals surface area contributed by atoms with Crippen molar-refractivity contribution in [2.75, 3.05) is 0 Å². The fraction of sp³-hybridized carbons (Fsp3) is 0.357. The van der Waals surface area contributed by atoms with Crippen LogP contribution in [0.5, 0.6) is 5.75 Å². The molecule has 18 heavy (non-hydrogen) atoms. The van der Waals surface area contributed by atoms with Gasteiger partial charge in [-0.1, -0.05) is 6.92 Å². The van der Waals surface area contributed by atoms with Crippen LogP contribution in [0, 0.1) is 0 Å². The number of fused-ring (bicyclic) bond motifs is 1. The Bertz CT molecular complexity index is 560. The highest BCUT2D eigenvalue weighted by Crippen LogP contribution is 2.25. The zero-order valence-corrected chi connectivity index (χ0v) is 10.7. The first-order chi connectivity index (χ1) is 8.61. The van der Waals surface area contributed by atoms with Gasteiger partial charge in [0.05, 0.1) is 5.52 Å². The van der Waals surface area contributed by atoms with E-state index in [0.717, 1.165) is 23.9 Å². The van der Waals surface area contributed by atoms with Crippen LogP contribution in [0.4, 0.5) is 0 Å². The van der Waals surface area contributed by atoms with Crippen molar-refractivity contribution in [2.45, 2.75) is 32.7 Å². The van der Waals surface area contributed by atoms with E-state index in [1.807, 2.05) is 28.9 Å². The Morgan fingerprint density at radius 2 is 2.22 bits per heavy atom. The molecule has 2 heterocycles. The third-order valence-electron chi connectivity index (χ3n) is 2.99. The molecule has 0 saturated carbocycles. The zero-order valence-electron chi connectivity index (χ0n) is 10.7. The number of aromatic nitrogens is 1. The van der Waals surface area contributed by atoms with Gasteiger partial charge in [0.1, 0.15) is 0 Å². The second-order valence-electron chi connectivity index (χ2n) is 4.44. The number of hydrogen-bond donors (Lipinski definition) is 1. The monoisotopic (exact) mass is 246 g/mol. The van der Waals surface area contributed by atoms with Gasteiger partial charge in [0.2, 0.25) is 0 Å². The van der Waals surface area contributed by atoms with E-state index in [2.05, 4.69) is 6.92 Å². The first-order valence-electron chi connectivity index (χ1n) is 6.14. The molecule has 2 aromatic heterocycles. The van der Waals surface area contributed by atoms with Gasteiger partial charge < -0.3 is 14.9 Å². The molecule has 0 bridgehead atoms. The summed E-state index contributed by atoms with van der Waals surface area (Å²) in [6.45, 7) is 3.47. The number of ether oxygens (including phenoxy) is 1. The molecule has 2 aromatic rings. The normalized spacial score (nSPS) is 12.6. The topological polar surface area (TPSA) is 56.7 Å². The molecule has 2 rings (SSSR count). The van der Waals surface area contributed by atoms with Crippen LogP contribution < -0.4 is 10.5 Å². The number of hydrogen-bond acceptors (Lipinski definition) is 3. The molecule has 4 heteroatoms. The van der Waals surface area contributed by atoms with E-state index in [-0.39, 0.29) is 12.0 Å². The Labute approximate surface area is 106 Å². The van der Waals surface area contributed by atoms with Crippen LogP contribution in [-0.4, -0.2) is 16.4 Å². The minimum atomic E-state index is -0.310. The van der Waals surface area contributed by atoms with Crippen LogP contribution in [0.1, 0.15) is 25.8 Å². The lowest BCUT2D eigenvalue weighted by molar-refractivity contribution is -0.131. The first-order valence-corrected chi connectivity index (χ1v) is 6.14. The molecular formula is C14H18N2O2. The molecule has 0 amide bonds. The molecule has 0 aliphatic heterocycles. The minimum Gasteiger partial charge on any atom is -0.424 e. The molecule has 2 N–H and O–H groups in total. The van der Waals surface area contributed by atoms with Gasteiger partial charge in [-0.15, -0.1) is 0 Å². The van der Waals surface area contributed by atoms with Gasteiger partial charge >= 0.3 is 5.97 Å². The highest BCUT2D eigenvalue weighted by Gasteiger charge is 2.12. The average Bonchev–Trinajstić information content (AvgIpc) is 2.73. The predicted octanol–water partition coefficient (Wildman–Crippen LogP) is 2.14. The quantitative estimate of drug-likeness (QED) is 0.841. The van der Waals surface area contributed by atoms with E-state index in [1.165, 1.54) is 6.92 Å². The highest BCUT2D eigenvalue weighted by molar-refractivity contribution is 5.75. The van der Waals surface area contributed by atoms with E-state index < -0.39 is 0 Å². The van der Waals surface area contributed by atoms with Gasteiger partial charge in [-0.3, -0.25) is 4.79 Å². The summed E-state index contributed by atoms with van der Waals surface area (Å²) in [5.74, 6) is 0.281. The lowest BCUT2D eigenvalue weighted by Crippen LogP contribution is -2.21. The summed E-state index contributed by atoms with van der Waals surface area (Å²) in [7, 11) is 0. The van der Waals surface area contributed by atoms with E-state index >= 15 is 0 Å². The Hall–Kier alpha value is -1.81. The second kappa shape index (κ2) is 5.23. The van der Waals surface area contributed by atoms with E-state index in [9.17, 15) is 4.79 Å². The Kier molecular flexibility index (Phi) is 3.67. The Morgan fingerprint density at radius 3 is 2.89 bits per heavy atom. The SMILES string of the molecule is CCC(N)Cc1ccn2cccc(OC(C)=O)c12. The van der Waals surface area contributed by atoms with Gasteiger partial charge in [0.25, 0.3) is 0 Å². The summed E-state index contributed by atoms with van der Waals surface area (Å²) in [6, 6.07) is 5.81. The standard InChI is InChI=1S/C14H18N2O2/c1-3-12(15)9-11-6-8-16-7-4-5-13(14(11)16)18-10(2)17/h4-8,12H,3,9,15H2,1-2H3. The van der Waals surface area contributed by atoms with Crippen LogP contribution in [0.25, 0.3) is 5.52 Å². The van der Waals surface area contributed by atoms with E-state index in [0.29, 0.717) is 5.75 Å². The Morgan fingerprint density at radius 1 is 1.44 bits per heavy atom. The number of rotatable bonds is 4. The lowest BCUT2D eigenvalue weighted by Gasteiger charge is -2.10. The number of carbonyl (C=O) groups excluding carboxylic acids is 1. The van der Waals surface area contributed by atoms with Crippen molar-refractivity contribution in [3.63, 3.8) is 0 Å². The summed E-state index contributed by atoms with van der Waals surface area (Å²) in [6.07, 6.45) is 5.60. The van der Waals surface area contributed by atoms with Gasteiger partial charge in [0, 0.05) is 25.4 Å². The average molecular weight is 246 g/mol. The molecule has 1 unspecified atom stereocenters. The summed E-state index contributed by atoms with van der Waals surface area (Å²) in [4.78, 5) is 11.1. The summed E-state index contributed by atoms with van der Waals surface area (Å²) in [5, 5.41) is 0. The molecule has 96 valence electrons. The molecule has 0 radical (unpaired) electrons. The molecule has 4 nitrogen and oxygen atoms in total. The van der Waals surface area contributed by atoms with Crippen molar-refractivity contribution < 1.29 is 9.53 Å². The minimum absolute atomic E-state index is 0.126.